The molecule has 4 aromatic heterocycles. The standard InChI is InChI=1S/C17H20N8/c1-10-8-12(3)24-16(18-10)20-14(22-24)6-5-7-15-21-17-19-11(2)9-13(4)25(17)23-15/h8-9H,5-7H2,1-4H3. The number of nitrogens with zero attached hydrogens (tertiary/aromatic N) is 8. The van der Waals surface area contributed by atoms with E-state index in [1.807, 2.05) is 39.8 Å². The smallest absolute Gasteiger partial charge is 0.216 e. The van der Waals surface area contributed by atoms with Gasteiger partial charge in [0.05, 0.1) is 0 Å². The lowest BCUT2D eigenvalue weighted by Gasteiger charge is -1.97. The first kappa shape index (κ1) is 15.6. The molecule has 8 nitrogen and oxygen atoms in total. The lowest BCUT2D eigenvalue weighted by atomic mass is 10.2. The van der Waals surface area contributed by atoms with E-state index in [4.69, 9.17) is 0 Å². The largest absolute Gasteiger partial charge is 0.252 e. The molecule has 4 rings (SSSR count). The number of fused-ring (bicyclic) bond motifs is 2. The zero-order chi connectivity index (χ0) is 17.6. The molecule has 0 atom stereocenters. The fraction of sp³-hybridized carbons (Fsp3) is 0.412. The third-order valence-electron chi connectivity index (χ3n) is 4.13. The SMILES string of the molecule is Cc1cc(C)n2nc(CCCc3nc4nc(C)cc(C)n4n3)nc2n1. The van der Waals surface area contributed by atoms with Gasteiger partial charge in [0, 0.05) is 35.6 Å². The Morgan fingerprint density at radius 3 is 1.56 bits per heavy atom. The summed E-state index contributed by atoms with van der Waals surface area (Å²) in [5.74, 6) is 2.92. The molecule has 0 spiro atoms. The van der Waals surface area contributed by atoms with Gasteiger partial charge in [0.2, 0.25) is 0 Å². The van der Waals surface area contributed by atoms with E-state index in [0.717, 1.165) is 53.7 Å². The molecule has 0 unspecified atom stereocenters. The highest BCUT2D eigenvalue weighted by atomic mass is 15.3. The highest BCUT2D eigenvalue weighted by Gasteiger charge is 2.10. The van der Waals surface area contributed by atoms with E-state index < -0.39 is 0 Å². The van der Waals surface area contributed by atoms with Crippen LogP contribution in [0.2, 0.25) is 0 Å². The third-order valence-corrected chi connectivity index (χ3v) is 4.13. The molecule has 128 valence electrons. The van der Waals surface area contributed by atoms with Crippen LogP contribution < -0.4 is 0 Å². The van der Waals surface area contributed by atoms with E-state index in [2.05, 4.69) is 30.1 Å². The van der Waals surface area contributed by atoms with Gasteiger partial charge in [0.25, 0.3) is 11.6 Å². The Labute approximate surface area is 145 Å². The molecular formula is C17H20N8. The maximum Gasteiger partial charge on any atom is 0.252 e. The van der Waals surface area contributed by atoms with Crippen LogP contribution >= 0.6 is 0 Å². The average molecular weight is 336 g/mol. The van der Waals surface area contributed by atoms with Crippen LogP contribution in [0.1, 0.15) is 40.8 Å². The molecule has 0 radical (unpaired) electrons. The fourth-order valence-electron chi connectivity index (χ4n) is 3.03. The number of hydrogen-bond acceptors (Lipinski definition) is 6. The molecule has 0 saturated carbocycles. The Bertz CT molecular complexity index is 989. The van der Waals surface area contributed by atoms with E-state index in [0.29, 0.717) is 11.6 Å². The van der Waals surface area contributed by atoms with Gasteiger partial charge in [-0.15, -0.1) is 10.2 Å². The van der Waals surface area contributed by atoms with Crippen LogP contribution in [0.4, 0.5) is 0 Å². The summed E-state index contributed by atoms with van der Waals surface area (Å²) in [7, 11) is 0. The third kappa shape index (κ3) is 2.95. The van der Waals surface area contributed by atoms with Crippen LogP contribution in [0.25, 0.3) is 11.6 Å². The molecule has 0 saturated heterocycles. The highest BCUT2D eigenvalue weighted by molar-refractivity contribution is 5.32. The van der Waals surface area contributed by atoms with Crippen molar-refractivity contribution in [2.24, 2.45) is 0 Å². The van der Waals surface area contributed by atoms with Gasteiger partial charge in [-0.3, -0.25) is 0 Å². The first-order chi connectivity index (χ1) is 12.0. The van der Waals surface area contributed by atoms with Gasteiger partial charge in [-0.1, -0.05) is 0 Å². The van der Waals surface area contributed by atoms with Crippen molar-refractivity contribution in [3.05, 3.63) is 46.6 Å². The monoisotopic (exact) mass is 336 g/mol. The van der Waals surface area contributed by atoms with E-state index in [1.165, 1.54) is 0 Å². The van der Waals surface area contributed by atoms with Gasteiger partial charge in [0.1, 0.15) is 0 Å². The van der Waals surface area contributed by atoms with Gasteiger partial charge >= 0.3 is 0 Å². The van der Waals surface area contributed by atoms with E-state index >= 15 is 0 Å². The fourth-order valence-corrected chi connectivity index (χ4v) is 3.03. The van der Waals surface area contributed by atoms with Crippen molar-refractivity contribution in [2.45, 2.75) is 47.0 Å². The van der Waals surface area contributed by atoms with Crippen molar-refractivity contribution in [1.29, 1.82) is 0 Å². The van der Waals surface area contributed by atoms with Crippen molar-refractivity contribution in [1.82, 2.24) is 39.2 Å². The Hall–Kier alpha value is -2.90. The topological polar surface area (TPSA) is 86.2 Å². The summed E-state index contributed by atoms with van der Waals surface area (Å²) in [6, 6.07) is 4.01. The Morgan fingerprint density at radius 1 is 0.680 bits per heavy atom. The van der Waals surface area contributed by atoms with Gasteiger partial charge in [-0.05, 0) is 46.2 Å². The van der Waals surface area contributed by atoms with Crippen LogP contribution in [0.3, 0.4) is 0 Å². The van der Waals surface area contributed by atoms with E-state index in [-0.39, 0.29) is 0 Å². The van der Waals surface area contributed by atoms with Crippen molar-refractivity contribution in [3.63, 3.8) is 0 Å². The van der Waals surface area contributed by atoms with E-state index in [9.17, 15) is 0 Å². The predicted octanol–water partition coefficient (Wildman–Crippen LogP) is 1.97. The maximum atomic E-state index is 4.54. The van der Waals surface area contributed by atoms with Gasteiger partial charge in [0.15, 0.2) is 11.6 Å². The summed E-state index contributed by atoms with van der Waals surface area (Å²) < 4.78 is 3.59. The summed E-state index contributed by atoms with van der Waals surface area (Å²) in [4.78, 5) is 17.9. The molecule has 0 bridgehead atoms. The molecule has 0 amide bonds. The van der Waals surface area contributed by atoms with Crippen molar-refractivity contribution < 1.29 is 0 Å². The molecule has 0 fully saturated rings. The molecule has 0 aromatic carbocycles. The zero-order valence-corrected chi connectivity index (χ0v) is 14.9. The Balaban J connectivity index is 1.49. The minimum Gasteiger partial charge on any atom is -0.216 e. The molecule has 0 aliphatic heterocycles. The summed E-state index contributed by atoms with van der Waals surface area (Å²) in [6.45, 7) is 7.96. The van der Waals surface area contributed by atoms with Crippen LogP contribution in [0.15, 0.2) is 12.1 Å². The first-order valence-corrected chi connectivity index (χ1v) is 8.39. The lowest BCUT2D eigenvalue weighted by Crippen LogP contribution is -1.98. The molecular weight excluding hydrogens is 316 g/mol. The summed E-state index contributed by atoms with van der Waals surface area (Å²) in [5, 5.41) is 9.08. The quantitative estimate of drug-likeness (QED) is 0.566. The summed E-state index contributed by atoms with van der Waals surface area (Å²) in [5.41, 5.74) is 3.99. The van der Waals surface area contributed by atoms with Gasteiger partial charge in [-0.25, -0.2) is 19.0 Å². The number of rotatable bonds is 4. The minimum atomic E-state index is 0.661. The van der Waals surface area contributed by atoms with Gasteiger partial charge < -0.3 is 0 Å². The maximum absolute atomic E-state index is 4.54. The second-order valence-corrected chi connectivity index (χ2v) is 6.41. The van der Waals surface area contributed by atoms with Crippen LogP contribution in [0, 0.1) is 27.7 Å². The minimum absolute atomic E-state index is 0.661. The van der Waals surface area contributed by atoms with Crippen molar-refractivity contribution in [3.8, 4) is 0 Å². The second kappa shape index (κ2) is 5.87. The van der Waals surface area contributed by atoms with E-state index in [1.54, 1.807) is 9.03 Å². The number of hydrogen-bond donors (Lipinski definition) is 0. The van der Waals surface area contributed by atoms with Crippen molar-refractivity contribution in [2.75, 3.05) is 0 Å². The van der Waals surface area contributed by atoms with Crippen LogP contribution in [-0.2, 0) is 12.8 Å². The molecule has 0 N–H and O–H groups in total. The highest BCUT2D eigenvalue weighted by Crippen LogP contribution is 2.09. The van der Waals surface area contributed by atoms with Gasteiger partial charge in [-0.2, -0.15) is 9.97 Å². The summed E-state index contributed by atoms with van der Waals surface area (Å²) >= 11 is 0. The second-order valence-electron chi connectivity index (χ2n) is 6.41. The summed E-state index contributed by atoms with van der Waals surface area (Å²) in [6.07, 6.45) is 2.41. The zero-order valence-electron chi connectivity index (χ0n) is 14.9. The first-order valence-electron chi connectivity index (χ1n) is 8.39. The lowest BCUT2D eigenvalue weighted by molar-refractivity contribution is 0.727. The number of aryl methyl sites for hydroxylation is 6. The normalized spacial score (nSPS) is 11.7. The Kier molecular flexibility index (Phi) is 3.67. The van der Waals surface area contributed by atoms with Crippen molar-refractivity contribution >= 4 is 11.6 Å². The average Bonchev–Trinajstić information content (AvgIpc) is 3.11. The molecule has 8 heteroatoms. The van der Waals surface area contributed by atoms with Crippen LogP contribution in [-0.4, -0.2) is 39.2 Å². The van der Waals surface area contributed by atoms with Crippen LogP contribution in [0.5, 0.6) is 0 Å². The molecule has 0 aliphatic carbocycles. The number of aromatic nitrogens is 8. The molecule has 25 heavy (non-hydrogen) atoms. The molecule has 4 heterocycles. The molecule has 4 aromatic rings. The Morgan fingerprint density at radius 2 is 1.12 bits per heavy atom. The molecule has 0 aliphatic rings. The predicted molar refractivity (Wildman–Crippen MR) is 92.5 cm³/mol.